The highest BCUT2D eigenvalue weighted by atomic mass is 16.3. The van der Waals surface area contributed by atoms with Crippen LogP contribution in [-0.4, -0.2) is 48.3 Å². The first kappa shape index (κ1) is 14.0. The van der Waals surface area contributed by atoms with Crippen molar-refractivity contribution in [3.05, 3.63) is 40.6 Å². The molecule has 104 valence electrons. The summed E-state index contributed by atoms with van der Waals surface area (Å²) in [7, 11) is 0. The van der Waals surface area contributed by atoms with Gasteiger partial charge in [0.1, 0.15) is 0 Å². The molecule has 0 aromatic heterocycles. The van der Waals surface area contributed by atoms with E-state index in [0.717, 1.165) is 31.9 Å². The number of hydrogen-bond donors (Lipinski definition) is 1. The highest BCUT2D eigenvalue weighted by molar-refractivity contribution is 5.45. The monoisotopic (exact) mass is 262 g/mol. The molecule has 19 heavy (non-hydrogen) atoms. The van der Waals surface area contributed by atoms with Crippen molar-refractivity contribution in [1.82, 2.24) is 4.90 Å². The molecule has 0 spiro atoms. The molecule has 1 N–H and O–H groups in total. The summed E-state index contributed by atoms with van der Waals surface area (Å²) in [4.78, 5) is 16.4. The quantitative estimate of drug-likeness (QED) is 0.880. The summed E-state index contributed by atoms with van der Waals surface area (Å²) >= 11 is 0. The van der Waals surface area contributed by atoms with Crippen LogP contribution in [0, 0.1) is 0 Å². The maximum absolute atomic E-state index is 11.9. The molecule has 1 aliphatic heterocycles. The maximum atomic E-state index is 11.9. The van der Waals surface area contributed by atoms with E-state index in [9.17, 15) is 9.90 Å². The van der Waals surface area contributed by atoms with Gasteiger partial charge in [-0.3, -0.25) is 9.69 Å². The molecule has 0 amide bonds. The molecule has 1 aromatic rings. The second-order valence-electron chi connectivity index (χ2n) is 5.16. The van der Waals surface area contributed by atoms with Gasteiger partial charge in [0, 0.05) is 32.2 Å². The van der Waals surface area contributed by atoms with E-state index in [-0.39, 0.29) is 17.6 Å². The zero-order valence-electron chi connectivity index (χ0n) is 11.6. The standard InChI is InChI=1S/C15H22N2O2/c1-12(13(2)18)16-8-10-17(11-9-16)14-6-4-3-5-7-15(14)19/h3-7,12-13,18H,8-11H2,1-2H3/t12-,13-/m0/s1. The van der Waals surface area contributed by atoms with Crippen molar-refractivity contribution in [3.63, 3.8) is 0 Å². The van der Waals surface area contributed by atoms with E-state index in [4.69, 9.17) is 0 Å². The van der Waals surface area contributed by atoms with Gasteiger partial charge >= 0.3 is 0 Å². The zero-order chi connectivity index (χ0) is 13.8. The minimum absolute atomic E-state index is 0.0713. The van der Waals surface area contributed by atoms with Gasteiger partial charge in [-0.1, -0.05) is 18.2 Å². The van der Waals surface area contributed by atoms with Crippen LogP contribution in [0.1, 0.15) is 13.8 Å². The van der Waals surface area contributed by atoms with Crippen LogP contribution in [0.15, 0.2) is 35.1 Å². The minimum Gasteiger partial charge on any atom is -0.392 e. The van der Waals surface area contributed by atoms with Gasteiger partial charge in [0.15, 0.2) is 0 Å². The largest absolute Gasteiger partial charge is 0.392 e. The summed E-state index contributed by atoms with van der Waals surface area (Å²) in [6, 6.07) is 9.21. The number of aliphatic hydroxyl groups is 1. The van der Waals surface area contributed by atoms with Gasteiger partial charge in [-0.05, 0) is 26.0 Å². The van der Waals surface area contributed by atoms with Gasteiger partial charge in [0.25, 0.3) is 0 Å². The average Bonchev–Trinajstić information content (AvgIpc) is 2.63. The van der Waals surface area contributed by atoms with E-state index in [2.05, 4.69) is 9.80 Å². The van der Waals surface area contributed by atoms with Gasteiger partial charge in [-0.2, -0.15) is 0 Å². The molecule has 1 saturated heterocycles. The fourth-order valence-corrected chi connectivity index (χ4v) is 2.46. The molecule has 1 aliphatic rings. The van der Waals surface area contributed by atoms with E-state index < -0.39 is 0 Å². The van der Waals surface area contributed by atoms with Crippen molar-refractivity contribution >= 4 is 5.69 Å². The normalized spacial score (nSPS) is 20.1. The topological polar surface area (TPSA) is 43.8 Å². The molecule has 1 heterocycles. The molecule has 2 rings (SSSR count). The Bertz CT molecular complexity index is 468. The van der Waals surface area contributed by atoms with E-state index >= 15 is 0 Å². The Labute approximate surface area is 114 Å². The number of hydrogen-bond acceptors (Lipinski definition) is 4. The predicted molar refractivity (Wildman–Crippen MR) is 77.6 cm³/mol. The van der Waals surface area contributed by atoms with Crippen LogP contribution in [0.2, 0.25) is 0 Å². The number of nitrogens with zero attached hydrogens (tertiary/aromatic N) is 2. The van der Waals surface area contributed by atoms with Crippen LogP contribution >= 0.6 is 0 Å². The fraction of sp³-hybridized carbons (Fsp3) is 0.533. The highest BCUT2D eigenvalue weighted by Crippen LogP contribution is 2.14. The lowest BCUT2D eigenvalue weighted by molar-refractivity contribution is 0.0672. The molecule has 0 aliphatic carbocycles. The Morgan fingerprint density at radius 1 is 1.05 bits per heavy atom. The molecule has 0 saturated carbocycles. The average molecular weight is 262 g/mol. The molecule has 0 bridgehead atoms. The first-order valence-corrected chi connectivity index (χ1v) is 6.86. The molecule has 1 fully saturated rings. The summed E-state index contributed by atoms with van der Waals surface area (Å²) < 4.78 is 0. The molecule has 4 nitrogen and oxygen atoms in total. The van der Waals surface area contributed by atoms with Gasteiger partial charge in [-0.25, -0.2) is 0 Å². The maximum Gasteiger partial charge on any atom is 0.201 e. The van der Waals surface area contributed by atoms with E-state index in [1.54, 1.807) is 12.1 Å². The summed E-state index contributed by atoms with van der Waals surface area (Å²) in [5, 5.41) is 9.63. The molecular weight excluding hydrogens is 240 g/mol. The molecule has 4 heteroatoms. The third-order valence-electron chi connectivity index (χ3n) is 3.91. The smallest absolute Gasteiger partial charge is 0.201 e. The second-order valence-corrected chi connectivity index (χ2v) is 5.16. The molecule has 2 atom stereocenters. The Kier molecular flexibility index (Phi) is 4.56. The van der Waals surface area contributed by atoms with Gasteiger partial charge in [0.2, 0.25) is 5.43 Å². The van der Waals surface area contributed by atoms with Gasteiger partial charge in [-0.15, -0.1) is 0 Å². The third-order valence-corrected chi connectivity index (χ3v) is 3.91. The highest BCUT2D eigenvalue weighted by Gasteiger charge is 2.24. The van der Waals surface area contributed by atoms with Crippen molar-refractivity contribution in [2.75, 3.05) is 31.1 Å². The zero-order valence-corrected chi connectivity index (χ0v) is 11.6. The summed E-state index contributed by atoms with van der Waals surface area (Å²) in [6.45, 7) is 7.28. The van der Waals surface area contributed by atoms with E-state index in [1.807, 2.05) is 32.0 Å². The number of aliphatic hydroxyl groups excluding tert-OH is 1. The van der Waals surface area contributed by atoms with Gasteiger partial charge in [0.05, 0.1) is 11.8 Å². The first-order chi connectivity index (χ1) is 9.09. The molecule has 1 aromatic carbocycles. The number of anilines is 1. The third kappa shape index (κ3) is 3.33. The Morgan fingerprint density at radius 3 is 2.32 bits per heavy atom. The molecular formula is C15H22N2O2. The van der Waals surface area contributed by atoms with Crippen LogP contribution < -0.4 is 10.3 Å². The summed E-state index contributed by atoms with van der Waals surface area (Å²) in [5.41, 5.74) is 0.844. The first-order valence-electron chi connectivity index (χ1n) is 6.86. The van der Waals surface area contributed by atoms with Crippen molar-refractivity contribution in [2.45, 2.75) is 26.0 Å². The summed E-state index contributed by atoms with van der Waals surface area (Å²) in [6.07, 6.45) is -0.323. The van der Waals surface area contributed by atoms with Crippen molar-refractivity contribution in [1.29, 1.82) is 0 Å². The van der Waals surface area contributed by atoms with Crippen molar-refractivity contribution in [3.8, 4) is 0 Å². The van der Waals surface area contributed by atoms with Crippen LogP contribution in [-0.2, 0) is 0 Å². The van der Waals surface area contributed by atoms with E-state index in [1.165, 1.54) is 0 Å². The minimum atomic E-state index is -0.323. The van der Waals surface area contributed by atoms with Crippen LogP contribution in [0.3, 0.4) is 0 Å². The Balaban J connectivity index is 2.05. The predicted octanol–water partition coefficient (Wildman–Crippen LogP) is 0.938. The van der Waals surface area contributed by atoms with E-state index in [0.29, 0.717) is 0 Å². The van der Waals surface area contributed by atoms with Crippen molar-refractivity contribution < 1.29 is 5.11 Å². The number of piperazine rings is 1. The molecule has 0 radical (unpaired) electrons. The Morgan fingerprint density at radius 2 is 1.68 bits per heavy atom. The lowest BCUT2D eigenvalue weighted by Crippen LogP contribution is -2.52. The van der Waals surface area contributed by atoms with Crippen LogP contribution in [0.25, 0.3) is 0 Å². The van der Waals surface area contributed by atoms with Crippen molar-refractivity contribution in [2.24, 2.45) is 0 Å². The molecule has 0 unspecified atom stereocenters. The lowest BCUT2D eigenvalue weighted by Gasteiger charge is -2.39. The van der Waals surface area contributed by atoms with Crippen LogP contribution in [0.4, 0.5) is 5.69 Å². The SMILES string of the molecule is C[C@H](O)[C@H](C)N1CCN(c2cccccc2=O)CC1. The van der Waals surface area contributed by atoms with Gasteiger partial charge < -0.3 is 10.0 Å². The lowest BCUT2D eigenvalue weighted by atomic mass is 10.1. The summed E-state index contributed by atoms with van der Waals surface area (Å²) in [5.74, 6) is 0. The second kappa shape index (κ2) is 6.17. The number of rotatable bonds is 3. The Hall–Kier alpha value is -1.39. The fourth-order valence-electron chi connectivity index (χ4n) is 2.46. The van der Waals surface area contributed by atoms with Crippen LogP contribution in [0.5, 0.6) is 0 Å².